The summed E-state index contributed by atoms with van der Waals surface area (Å²) in [5.41, 5.74) is 0.838. The Morgan fingerprint density at radius 2 is 1.84 bits per heavy atom. The van der Waals surface area contributed by atoms with Gasteiger partial charge in [-0.2, -0.15) is 15.0 Å². The van der Waals surface area contributed by atoms with Crippen LogP contribution in [0.2, 0.25) is 0 Å². The molecule has 0 aliphatic rings. The van der Waals surface area contributed by atoms with Crippen LogP contribution >= 0.6 is 31.9 Å². The number of nitrogens with zero attached hydrogens (tertiary/aromatic N) is 3. The fourth-order valence-electron chi connectivity index (χ4n) is 1.33. The van der Waals surface area contributed by atoms with Crippen molar-refractivity contribution < 1.29 is 4.74 Å². The van der Waals surface area contributed by atoms with Gasteiger partial charge in [0.25, 0.3) is 0 Å². The van der Waals surface area contributed by atoms with Crippen molar-refractivity contribution in [2.75, 3.05) is 24.8 Å². The normalized spacial score (nSPS) is 10.1. The van der Waals surface area contributed by atoms with Crippen molar-refractivity contribution in [3.63, 3.8) is 0 Å². The summed E-state index contributed by atoms with van der Waals surface area (Å²) < 4.78 is 6.88. The molecule has 0 unspecified atom stereocenters. The highest BCUT2D eigenvalue weighted by Crippen LogP contribution is 2.28. The van der Waals surface area contributed by atoms with Crippen LogP contribution in [-0.4, -0.2) is 29.1 Å². The van der Waals surface area contributed by atoms with Gasteiger partial charge in [0.2, 0.25) is 11.9 Å². The first-order chi connectivity index (χ1) is 9.12. The second kappa shape index (κ2) is 6.16. The van der Waals surface area contributed by atoms with E-state index < -0.39 is 0 Å². The van der Waals surface area contributed by atoms with Gasteiger partial charge in [-0.3, -0.25) is 0 Å². The highest BCUT2D eigenvalue weighted by molar-refractivity contribution is 9.11. The Balaban J connectivity index is 2.34. The zero-order chi connectivity index (χ0) is 13.8. The van der Waals surface area contributed by atoms with Crippen LogP contribution in [0.5, 0.6) is 6.01 Å². The maximum Gasteiger partial charge on any atom is 0.322 e. The van der Waals surface area contributed by atoms with Gasteiger partial charge in [-0.05, 0) is 34.1 Å². The van der Waals surface area contributed by atoms with Crippen molar-refractivity contribution in [3.05, 3.63) is 27.1 Å². The van der Waals surface area contributed by atoms with E-state index in [2.05, 4.69) is 57.4 Å². The van der Waals surface area contributed by atoms with Crippen LogP contribution in [0.3, 0.4) is 0 Å². The van der Waals surface area contributed by atoms with Crippen molar-refractivity contribution >= 4 is 49.4 Å². The third kappa shape index (κ3) is 3.54. The van der Waals surface area contributed by atoms with Gasteiger partial charge < -0.3 is 15.4 Å². The Labute approximate surface area is 127 Å². The maximum absolute atomic E-state index is 5.03. The number of aromatic nitrogens is 3. The average Bonchev–Trinajstić information content (AvgIpc) is 2.42. The largest absolute Gasteiger partial charge is 0.467 e. The number of anilines is 3. The van der Waals surface area contributed by atoms with Crippen molar-refractivity contribution in [1.82, 2.24) is 15.0 Å². The summed E-state index contributed by atoms with van der Waals surface area (Å²) in [5, 5.41) is 5.95. The summed E-state index contributed by atoms with van der Waals surface area (Å²) >= 11 is 6.87. The van der Waals surface area contributed by atoms with E-state index in [1.165, 1.54) is 7.11 Å². The molecule has 0 spiro atoms. The molecular weight excluding hydrogens is 378 g/mol. The summed E-state index contributed by atoms with van der Waals surface area (Å²) in [6.45, 7) is 0. The van der Waals surface area contributed by atoms with E-state index in [0.717, 1.165) is 14.6 Å². The number of nitrogens with one attached hydrogen (secondary N) is 2. The molecular formula is C11H11Br2N5O. The topological polar surface area (TPSA) is 72.0 Å². The van der Waals surface area contributed by atoms with Crippen LogP contribution in [-0.2, 0) is 0 Å². The van der Waals surface area contributed by atoms with Gasteiger partial charge in [-0.15, -0.1) is 0 Å². The first kappa shape index (κ1) is 14.0. The van der Waals surface area contributed by atoms with E-state index in [4.69, 9.17) is 4.74 Å². The molecule has 0 radical (unpaired) electrons. The highest BCUT2D eigenvalue weighted by Gasteiger charge is 2.08. The number of benzene rings is 1. The summed E-state index contributed by atoms with van der Waals surface area (Å²) in [7, 11) is 3.24. The summed E-state index contributed by atoms with van der Waals surface area (Å²) in [6.07, 6.45) is 0. The number of hydrogen-bond donors (Lipinski definition) is 2. The standard InChI is InChI=1S/C11H11Br2N5O/c1-14-9-16-10(18-11(17-9)19-2)15-8-5-6(12)3-4-7(8)13/h3-5H,1-2H3,(H2,14,15,16,17,18). The summed E-state index contributed by atoms with van der Waals surface area (Å²) in [4.78, 5) is 12.4. The number of methoxy groups -OCH3 is 1. The van der Waals surface area contributed by atoms with E-state index in [-0.39, 0.29) is 6.01 Å². The van der Waals surface area contributed by atoms with E-state index in [9.17, 15) is 0 Å². The van der Waals surface area contributed by atoms with Crippen LogP contribution in [0, 0.1) is 0 Å². The lowest BCUT2D eigenvalue weighted by Crippen LogP contribution is -2.05. The minimum atomic E-state index is 0.243. The SMILES string of the molecule is CNc1nc(Nc2cc(Br)ccc2Br)nc(OC)n1. The van der Waals surface area contributed by atoms with E-state index in [0.29, 0.717) is 11.9 Å². The van der Waals surface area contributed by atoms with Crippen LogP contribution in [0.15, 0.2) is 27.1 Å². The van der Waals surface area contributed by atoms with Gasteiger partial charge in [0.05, 0.1) is 12.8 Å². The highest BCUT2D eigenvalue weighted by atomic mass is 79.9. The molecule has 1 heterocycles. The second-order valence-corrected chi connectivity index (χ2v) is 5.24. The van der Waals surface area contributed by atoms with Crippen LogP contribution < -0.4 is 15.4 Å². The van der Waals surface area contributed by atoms with Gasteiger partial charge in [0.15, 0.2) is 0 Å². The van der Waals surface area contributed by atoms with Crippen molar-refractivity contribution in [2.45, 2.75) is 0 Å². The molecule has 0 saturated carbocycles. The van der Waals surface area contributed by atoms with Crippen LogP contribution in [0.25, 0.3) is 0 Å². The third-order valence-electron chi connectivity index (χ3n) is 2.20. The molecule has 0 aliphatic heterocycles. The molecule has 0 bridgehead atoms. The summed E-state index contributed by atoms with van der Waals surface area (Å²) in [6, 6.07) is 6.01. The number of ether oxygens (including phenoxy) is 1. The van der Waals surface area contributed by atoms with Gasteiger partial charge in [0.1, 0.15) is 0 Å². The first-order valence-corrected chi connectivity index (χ1v) is 6.91. The Bertz CT molecular complexity index is 571. The third-order valence-corrected chi connectivity index (χ3v) is 3.38. The lowest BCUT2D eigenvalue weighted by Gasteiger charge is -2.09. The molecule has 2 N–H and O–H groups in total. The predicted octanol–water partition coefficient (Wildman–Crippen LogP) is 3.19. The minimum Gasteiger partial charge on any atom is -0.467 e. The van der Waals surface area contributed by atoms with E-state index in [1.807, 2.05) is 18.2 Å². The minimum absolute atomic E-state index is 0.243. The lowest BCUT2D eigenvalue weighted by molar-refractivity contribution is 0.379. The number of hydrogen-bond acceptors (Lipinski definition) is 6. The Morgan fingerprint density at radius 1 is 1.11 bits per heavy atom. The average molecular weight is 389 g/mol. The van der Waals surface area contributed by atoms with Crippen LogP contribution in [0.1, 0.15) is 0 Å². The molecule has 6 nitrogen and oxygen atoms in total. The molecule has 0 amide bonds. The number of halogens is 2. The van der Waals surface area contributed by atoms with Gasteiger partial charge >= 0.3 is 6.01 Å². The molecule has 2 rings (SSSR count). The van der Waals surface area contributed by atoms with E-state index in [1.54, 1.807) is 7.05 Å². The fraction of sp³-hybridized carbons (Fsp3) is 0.182. The first-order valence-electron chi connectivity index (χ1n) is 5.32. The molecule has 100 valence electrons. The van der Waals surface area contributed by atoms with Crippen molar-refractivity contribution in [3.8, 4) is 6.01 Å². The summed E-state index contributed by atoms with van der Waals surface area (Å²) in [5.74, 6) is 0.829. The van der Waals surface area contributed by atoms with Crippen LogP contribution in [0.4, 0.5) is 17.6 Å². The lowest BCUT2D eigenvalue weighted by atomic mass is 10.3. The molecule has 19 heavy (non-hydrogen) atoms. The second-order valence-electron chi connectivity index (χ2n) is 3.47. The molecule has 1 aromatic heterocycles. The Kier molecular flexibility index (Phi) is 4.54. The zero-order valence-electron chi connectivity index (χ0n) is 10.2. The predicted molar refractivity (Wildman–Crippen MR) is 81.1 cm³/mol. The van der Waals surface area contributed by atoms with Crippen molar-refractivity contribution in [1.29, 1.82) is 0 Å². The zero-order valence-corrected chi connectivity index (χ0v) is 13.4. The molecule has 0 aliphatic carbocycles. The quantitative estimate of drug-likeness (QED) is 0.837. The van der Waals surface area contributed by atoms with Crippen molar-refractivity contribution in [2.24, 2.45) is 0 Å². The van der Waals surface area contributed by atoms with Gasteiger partial charge in [0, 0.05) is 16.0 Å². The molecule has 2 aromatic rings. The fourth-order valence-corrected chi connectivity index (χ4v) is 2.04. The molecule has 8 heteroatoms. The monoisotopic (exact) mass is 387 g/mol. The Hall–Kier alpha value is -1.41. The smallest absolute Gasteiger partial charge is 0.322 e. The van der Waals surface area contributed by atoms with E-state index >= 15 is 0 Å². The molecule has 0 fully saturated rings. The van der Waals surface area contributed by atoms with Gasteiger partial charge in [-0.1, -0.05) is 15.9 Å². The molecule has 1 aromatic carbocycles. The maximum atomic E-state index is 5.03. The molecule has 0 saturated heterocycles. The number of rotatable bonds is 4. The van der Waals surface area contributed by atoms with Gasteiger partial charge in [-0.25, -0.2) is 0 Å². The Morgan fingerprint density at radius 3 is 2.53 bits per heavy atom. The molecule has 0 atom stereocenters.